The van der Waals surface area contributed by atoms with Crippen molar-refractivity contribution in [2.75, 3.05) is 6.54 Å². The molecule has 1 unspecified atom stereocenters. The first kappa shape index (κ1) is 21.3. The van der Waals surface area contributed by atoms with Crippen LogP contribution in [0.4, 0.5) is 4.79 Å². The molecule has 7 nitrogen and oxygen atoms in total. The summed E-state index contributed by atoms with van der Waals surface area (Å²) in [4.78, 5) is 34.6. The van der Waals surface area contributed by atoms with Gasteiger partial charge < -0.3 is 19.9 Å². The van der Waals surface area contributed by atoms with Crippen LogP contribution < -0.4 is 5.32 Å². The van der Waals surface area contributed by atoms with Crippen LogP contribution in [0, 0.1) is 17.8 Å². The van der Waals surface area contributed by atoms with Crippen molar-refractivity contribution in [2.24, 2.45) is 17.8 Å². The zero-order chi connectivity index (χ0) is 18.8. The molecule has 144 valence electrons. The largest absolute Gasteiger partial charge is 0.481 e. The topological polar surface area (TPSA) is 102 Å². The van der Waals surface area contributed by atoms with Crippen LogP contribution in [0.3, 0.4) is 0 Å². The van der Waals surface area contributed by atoms with E-state index < -0.39 is 18.4 Å². The Bertz CT molecular complexity index is 443. The maximum atomic E-state index is 11.9. The number of alkyl carbamates (subject to hydrolysis) is 1. The number of hydrogen-bond donors (Lipinski definition) is 2. The summed E-state index contributed by atoms with van der Waals surface area (Å²) in [6, 6.07) is 0. The lowest BCUT2D eigenvalue weighted by Gasteiger charge is -2.26. The number of nitrogens with one attached hydrogen (secondary N) is 1. The molecule has 1 saturated carbocycles. The van der Waals surface area contributed by atoms with Gasteiger partial charge in [-0.15, -0.1) is 0 Å². The predicted molar refractivity (Wildman–Crippen MR) is 91.8 cm³/mol. The number of carbonyl (C=O) groups is 3. The Kier molecular flexibility index (Phi) is 9.31. The Labute approximate surface area is 149 Å². The summed E-state index contributed by atoms with van der Waals surface area (Å²) in [6.45, 7) is 6.21. The van der Waals surface area contributed by atoms with E-state index in [1.807, 2.05) is 20.8 Å². The highest BCUT2D eigenvalue weighted by atomic mass is 16.7. The predicted octanol–water partition coefficient (Wildman–Crippen LogP) is 3.32. The lowest BCUT2D eigenvalue weighted by Crippen LogP contribution is -2.36. The molecule has 0 aliphatic heterocycles. The molecule has 0 aromatic rings. The highest BCUT2D eigenvalue weighted by Gasteiger charge is 2.26. The minimum atomic E-state index is -0.862. The molecule has 2 N–H and O–H groups in total. The Morgan fingerprint density at radius 3 is 2.28 bits per heavy atom. The van der Waals surface area contributed by atoms with Crippen molar-refractivity contribution >= 4 is 18.0 Å². The summed E-state index contributed by atoms with van der Waals surface area (Å²) in [6.07, 6.45) is 2.85. The van der Waals surface area contributed by atoms with E-state index in [1.165, 1.54) is 0 Å². The molecule has 0 saturated heterocycles. The average molecular weight is 357 g/mol. The van der Waals surface area contributed by atoms with Crippen molar-refractivity contribution in [3.05, 3.63) is 0 Å². The van der Waals surface area contributed by atoms with Crippen molar-refractivity contribution in [1.82, 2.24) is 5.32 Å². The lowest BCUT2D eigenvalue weighted by molar-refractivity contribution is -0.169. The van der Waals surface area contributed by atoms with E-state index in [-0.39, 0.29) is 30.1 Å². The smallest absolute Gasteiger partial charge is 0.410 e. The lowest BCUT2D eigenvalue weighted by atomic mass is 9.82. The molecule has 1 rings (SSSR count). The average Bonchev–Trinajstić information content (AvgIpc) is 2.52. The maximum Gasteiger partial charge on any atom is 0.410 e. The monoisotopic (exact) mass is 357 g/mol. The van der Waals surface area contributed by atoms with Crippen molar-refractivity contribution < 1.29 is 29.0 Å². The molecule has 7 heteroatoms. The van der Waals surface area contributed by atoms with Crippen LogP contribution in [0.25, 0.3) is 0 Å². The van der Waals surface area contributed by atoms with Gasteiger partial charge in [-0.1, -0.05) is 20.8 Å². The number of ether oxygens (including phenoxy) is 2. The van der Waals surface area contributed by atoms with E-state index in [0.717, 1.165) is 19.3 Å². The number of carboxylic acid groups (broad SMARTS) is 1. The number of aliphatic carboxylic acids is 1. The van der Waals surface area contributed by atoms with Gasteiger partial charge in [0.05, 0.1) is 5.92 Å². The molecule has 0 radical (unpaired) electrons. The number of amides is 1. The van der Waals surface area contributed by atoms with Crippen LogP contribution in [-0.2, 0) is 19.1 Å². The summed E-state index contributed by atoms with van der Waals surface area (Å²) < 4.78 is 10.4. The van der Waals surface area contributed by atoms with E-state index in [4.69, 9.17) is 14.6 Å². The van der Waals surface area contributed by atoms with Crippen molar-refractivity contribution in [1.29, 1.82) is 0 Å². The zero-order valence-electron chi connectivity index (χ0n) is 15.5. The van der Waals surface area contributed by atoms with Crippen molar-refractivity contribution in [2.45, 2.75) is 72.0 Å². The van der Waals surface area contributed by atoms with Gasteiger partial charge in [-0.2, -0.15) is 0 Å². The summed E-state index contributed by atoms with van der Waals surface area (Å²) in [5.41, 5.74) is 0. The molecule has 0 spiro atoms. The Morgan fingerprint density at radius 1 is 1.12 bits per heavy atom. The molecular weight excluding hydrogens is 326 g/mol. The Morgan fingerprint density at radius 2 is 1.76 bits per heavy atom. The number of esters is 1. The molecule has 1 aliphatic rings. The number of rotatable bonds is 9. The standard InChI is InChI=1S/C18H31NO6/c1-4-5-16(24-15(20)10-12(2)3)25-18(23)19-11-13-6-8-14(9-7-13)17(21)22/h12-14,16H,4-11H2,1-3H3,(H,19,23)(H,21,22). The van der Waals surface area contributed by atoms with Gasteiger partial charge in [0, 0.05) is 19.4 Å². The minimum Gasteiger partial charge on any atom is -0.481 e. The fourth-order valence-electron chi connectivity index (χ4n) is 2.91. The SMILES string of the molecule is CCCC(OC(=O)CC(C)C)OC(=O)NCC1CCC(C(=O)O)CC1. The van der Waals surface area contributed by atoms with Gasteiger partial charge in [-0.25, -0.2) is 4.79 Å². The van der Waals surface area contributed by atoms with E-state index >= 15 is 0 Å². The first-order chi connectivity index (χ1) is 11.8. The third-order valence-electron chi connectivity index (χ3n) is 4.33. The van der Waals surface area contributed by atoms with E-state index in [9.17, 15) is 14.4 Å². The Balaban J connectivity index is 2.32. The molecule has 0 bridgehead atoms. The maximum absolute atomic E-state index is 11.9. The number of carbonyl (C=O) groups excluding carboxylic acids is 2. The first-order valence-corrected chi connectivity index (χ1v) is 9.18. The molecule has 1 amide bonds. The van der Waals surface area contributed by atoms with Gasteiger partial charge in [0.25, 0.3) is 0 Å². The summed E-state index contributed by atoms with van der Waals surface area (Å²) >= 11 is 0. The van der Waals surface area contributed by atoms with Gasteiger partial charge in [0.2, 0.25) is 6.29 Å². The van der Waals surface area contributed by atoms with Crippen LogP contribution in [0.1, 0.15) is 65.7 Å². The summed E-state index contributed by atoms with van der Waals surface area (Å²) in [5, 5.41) is 11.7. The number of hydrogen-bond acceptors (Lipinski definition) is 5. The van der Waals surface area contributed by atoms with Gasteiger partial charge in [0.15, 0.2) is 0 Å². The fourth-order valence-corrected chi connectivity index (χ4v) is 2.91. The van der Waals surface area contributed by atoms with E-state index in [1.54, 1.807) is 0 Å². The minimum absolute atomic E-state index is 0.185. The van der Waals surface area contributed by atoms with Gasteiger partial charge in [-0.3, -0.25) is 9.59 Å². The second kappa shape index (κ2) is 10.9. The molecule has 0 aromatic heterocycles. The van der Waals surface area contributed by atoms with Crippen molar-refractivity contribution in [3.8, 4) is 0 Å². The van der Waals surface area contributed by atoms with Crippen LogP contribution in [-0.4, -0.2) is 36.0 Å². The second-order valence-electron chi connectivity index (χ2n) is 7.15. The number of carboxylic acids is 1. The molecule has 1 atom stereocenters. The van der Waals surface area contributed by atoms with Crippen LogP contribution in [0.5, 0.6) is 0 Å². The molecular formula is C18H31NO6. The normalized spacial score (nSPS) is 21.4. The highest BCUT2D eigenvalue weighted by molar-refractivity contribution is 5.71. The Hall–Kier alpha value is -1.79. The fraction of sp³-hybridized carbons (Fsp3) is 0.833. The third-order valence-corrected chi connectivity index (χ3v) is 4.33. The van der Waals surface area contributed by atoms with Crippen LogP contribution in [0.2, 0.25) is 0 Å². The van der Waals surface area contributed by atoms with E-state index in [0.29, 0.717) is 25.8 Å². The zero-order valence-corrected chi connectivity index (χ0v) is 15.5. The highest BCUT2D eigenvalue weighted by Crippen LogP contribution is 2.28. The second-order valence-corrected chi connectivity index (χ2v) is 7.15. The van der Waals surface area contributed by atoms with Gasteiger partial charge in [-0.05, 0) is 43.9 Å². The third kappa shape index (κ3) is 8.74. The molecule has 1 aliphatic carbocycles. The summed E-state index contributed by atoms with van der Waals surface area (Å²) in [7, 11) is 0. The van der Waals surface area contributed by atoms with Crippen molar-refractivity contribution in [3.63, 3.8) is 0 Å². The van der Waals surface area contributed by atoms with E-state index in [2.05, 4.69) is 5.32 Å². The van der Waals surface area contributed by atoms with Crippen LogP contribution >= 0.6 is 0 Å². The molecule has 25 heavy (non-hydrogen) atoms. The van der Waals surface area contributed by atoms with Gasteiger partial charge in [0.1, 0.15) is 0 Å². The summed E-state index contributed by atoms with van der Waals surface area (Å²) in [5.74, 6) is -0.928. The quantitative estimate of drug-likeness (QED) is 0.485. The first-order valence-electron chi connectivity index (χ1n) is 9.18. The molecule has 0 heterocycles. The van der Waals surface area contributed by atoms with Crippen LogP contribution in [0.15, 0.2) is 0 Å². The van der Waals surface area contributed by atoms with Gasteiger partial charge >= 0.3 is 18.0 Å². The molecule has 0 aromatic carbocycles. The molecule has 1 fully saturated rings.